The molecule has 5 nitrogen and oxygen atoms in total. The average molecular weight is 271 g/mol. The Morgan fingerprint density at radius 2 is 2.17 bits per heavy atom. The van der Waals surface area contributed by atoms with E-state index in [1.54, 1.807) is 24.3 Å². The molecule has 0 unspecified atom stereocenters. The lowest BCUT2D eigenvalue weighted by molar-refractivity contribution is -0.122. The van der Waals surface area contributed by atoms with E-state index in [1.807, 2.05) is 6.92 Å². The molecule has 0 bridgehead atoms. The Labute approximate surface area is 110 Å². The van der Waals surface area contributed by atoms with Crippen LogP contribution in [-0.4, -0.2) is 25.1 Å². The van der Waals surface area contributed by atoms with Gasteiger partial charge in [0.1, 0.15) is 5.75 Å². The number of nitrogens with one attached hydrogen (secondary N) is 2. The molecule has 0 aliphatic heterocycles. The minimum atomic E-state index is -0.517. The first kappa shape index (κ1) is 14.3. The van der Waals surface area contributed by atoms with Crippen LogP contribution < -0.4 is 15.4 Å². The van der Waals surface area contributed by atoms with Crippen LogP contribution in [0.25, 0.3) is 0 Å². The van der Waals surface area contributed by atoms with Crippen molar-refractivity contribution in [1.29, 1.82) is 0 Å². The van der Waals surface area contributed by atoms with Crippen LogP contribution in [0.15, 0.2) is 24.3 Å². The second-order valence-electron chi connectivity index (χ2n) is 3.55. The van der Waals surface area contributed by atoms with Crippen molar-refractivity contribution in [2.75, 3.05) is 13.2 Å². The summed E-state index contributed by atoms with van der Waals surface area (Å²) in [7, 11) is 0. The van der Waals surface area contributed by atoms with Crippen molar-refractivity contribution in [2.45, 2.75) is 13.3 Å². The van der Waals surface area contributed by atoms with Gasteiger partial charge in [0, 0.05) is 11.6 Å². The normalized spacial score (nSPS) is 9.67. The topological polar surface area (TPSA) is 67.4 Å². The fourth-order valence-corrected chi connectivity index (χ4v) is 1.33. The number of ether oxygens (including phenoxy) is 1. The highest BCUT2D eigenvalue weighted by atomic mass is 35.5. The molecular weight excluding hydrogens is 256 g/mol. The van der Waals surface area contributed by atoms with Crippen molar-refractivity contribution >= 4 is 23.5 Å². The van der Waals surface area contributed by atoms with Crippen molar-refractivity contribution in [1.82, 2.24) is 10.6 Å². The fourth-order valence-electron chi connectivity index (χ4n) is 1.15. The Morgan fingerprint density at radius 1 is 1.39 bits per heavy atom. The lowest BCUT2D eigenvalue weighted by Crippen LogP contribution is -2.41. The minimum absolute atomic E-state index is 0.236. The number of rotatable bonds is 5. The molecule has 0 radical (unpaired) electrons. The van der Waals surface area contributed by atoms with Crippen molar-refractivity contribution < 1.29 is 14.3 Å². The Kier molecular flexibility index (Phi) is 6.00. The summed E-state index contributed by atoms with van der Waals surface area (Å²) in [6.07, 6.45) is 0.806. The summed E-state index contributed by atoms with van der Waals surface area (Å²) in [6, 6.07) is 6.16. The van der Waals surface area contributed by atoms with Gasteiger partial charge >= 0.3 is 6.03 Å². The van der Waals surface area contributed by atoms with Crippen LogP contribution in [-0.2, 0) is 4.79 Å². The number of hydrogen-bond acceptors (Lipinski definition) is 3. The maximum absolute atomic E-state index is 11.3. The highest BCUT2D eigenvalue weighted by molar-refractivity contribution is 6.30. The molecule has 98 valence electrons. The lowest BCUT2D eigenvalue weighted by Gasteiger charge is -2.07. The molecule has 0 heterocycles. The maximum atomic E-state index is 11.3. The fraction of sp³-hybridized carbons (Fsp3) is 0.333. The zero-order valence-corrected chi connectivity index (χ0v) is 10.8. The third-order valence-corrected chi connectivity index (χ3v) is 2.19. The minimum Gasteiger partial charge on any atom is -0.484 e. The molecule has 0 fully saturated rings. The quantitative estimate of drug-likeness (QED) is 0.859. The number of urea groups is 1. The van der Waals surface area contributed by atoms with Crippen LogP contribution in [0.2, 0.25) is 5.02 Å². The van der Waals surface area contributed by atoms with Crippen LogP contribution in [0.3, 0.4) is 0 Å². The molecule has 0 atom stereocenters. The van der Waals surface area contributed by atoms with E-state index in [2.05, 4.69) is 10.6 Å². The Bertz CT molecular complexity index is 424. The first-order valence-electron chi connectivity index (χ1n) is 5.58. The third kappa shape index (κ3) is 5.54. The molecule has 1 aromatic rings. The van der Waals surface area contributed by atoms with E-state index >= 15 is 0 Å². The molecule has 1 rings (SSSR count). The summed E-state index contributed by atoms with van der Waals surface area (Å²) in [5.74, 6) is -0.0322. The maximum Gasteiger partial charge on any atom is 0.321 e. The number of carbonyl (C=O) groups excluding carboxylic acids is 2. The molecule has 0 aliphatic rings. The number of hydrogen-bond donors (Lipinski definition) is 2. The van der Waals surface area contributed by atoms with Crippen LogP contribution in [0.4, 0.5) is 4.79 Å². The lowest BCUT2D eigenvalue weighted by atomic mass is 10.3. The van der Waals surface area contributed by atoms with E-state index in [4.69, 9.17) is 16.3 Å². The smallest absolute Gasteiger partial charge is 0.321 e. The molecule has 18 heavy (non-hydrogen) atoms. The van der Waals surface area contributed by atoms with Gasteiger partial charge in [0.05, 0.1) is 0 Å². The second kappa shape index (κ2) is 7.55. The van der Waals surface area contributed by atoms with Crippen molar-refractivity contribution in [3.05, 3.63) is 29.3 Å². The van der Waals surface area contributed by atoms with Gasteiger partial charge in [0.2, 0.25) is 0 Å². The largest absolute Gasteiger partial charge is 0.484 e. The SMILES string of the molecule is CCCNC(=O)NC(=O)COc1cccc(Cl)c1. The molecule has 0 aliphatic carbocycles. The summed E-state index contributed by atoms with van der Waals surface area (Å²) in [6.45, 7) is 2.21. The predicted octanol–water partition coefficient (Wildman–Crippen LogP) is 1.95. The summed E-state index contributed by atoms with van der Waals surface area (Å²) in [5, 5.41) is 5.20. The van der Waals surface area contributed by atoms with E-state index in [0.717, 1.165) is 6.42 Å². The number of halogens is 1. The highest BCUT2D eigenvalue weighted by Crippen LogP contribution is 2.16. The molecule has 0 spiro atoms. The van der Waals surface area contributed by atoms with Crippen LogP contribution in [0.1, 0.15) is 13.3 Å². The molecule has 0 saturated carbocycles. The van der Waals surface area contributed by atoms with Gasteiger partial charge in [0.15, 0.2) is 6.61 Å². The van der Waals surface area contributed by atoms with Crippen LogP contribution in [0, 0.1) is 0 Å². The zero-order valence-electron chi connectivity index (χ0n) is 10.0. The Morgan fingerprint density at radius 3 is 2.83 bits per heavy atom. The van der Waals surface area contributed by atoms with Crippen LogP contribution in [0.5, 0.6) is 5.75 Å². The Balaban J connectivity index is 2.31. The first-order valence-corrected chi connectivity index (χ1v) is 5.95. The number of carbonyl (C=O) groups is 2. The van der Waals surface area contributed by atoms with Gasteiger partial charge in [-0.25, -0.2) is 4.79 Å². The van der Waals surface area contributed by atoms with E-state index in [-0.39, 0.29) is 6.61 Å². The summed E-state index contributed by atoms with van der Waals surface area (Å²) in [4.78, 5) is 22.5. The second-order valence-corrected chi connectivity index (χ2v) is 3.99. The molecular formula is C12H15ClN2O3. The third-order valence-electron chi connectivity index (χ3n) is 1.95. The van der Waals surface area contributed by atoms with Gasteiger partial charge in [-0.1, -0.05) is 24.6 Å². The van der Waals surface area contributed by atoms with Gasteiger partial charge in [0.25, 0.3) is 5.91 Å². The van der Waals surface area contributed by atoms with Gasteiger partial charge in [-0.15, -0.1) is 0 Å². The molecule has 0 saturated heterocycles. The van der Waals surface area contributed by atoms with E-state index in [0.29, 0.717) is 17.3 Å². The van der Waals surface area contributed by atoms with Crippen LogP contribution >= 0.6 is 11.6 Å². The summed E-state index contributed by atoms with van der Waals surface area (Å²) >= 11 is 5.76. The van der Waals surface area contributed by atoms with Crippen molar-refractivity contribution in [3.8, 4) is 5.75 Å². The van der Waals surface area contributed by atoms with E-state index in [1.165, 1.54) is 0 Å². The number of benzene rings is 1. The van der Waals surface area contributed by atoms with Gasteiger partial charge in [-0.3, -0.25) is 10.1 Å². The van der Waals surface area contributed by atoms with E-state index < -0.39 is 11.9 Å². The van der Waals surface area contributed by atoms with Crippen molar-refractivity contribution in [2.24, 2.45) is 0 Å². The van der Waals surface area contributed by atoms with E-state index in [9.17, 15) is 9.59 Å². The molecule has 3 amide bonds. The molecule has 2 N–H and O–H groups in total. The van der Waals surface area contributed by atoms with Gasteiger partial charge in [-0.05, 0) is 24.6 Å². The average Bonchev–Trinajstić information content (AvgIpc) is 2.34. The number of amides is 3. The highest BCUT2D eigenvalue weighted by Gasteiger charge is 2.07. The molecule has 6 heteroatoms. The standard InChI is InChI=1S/C12H15ClN2O3/c1-2-6-14-12(17)15-11(16)8-18-10-5-3-4-9(13)7-10/h3-5,7H,2,6,8H2,1H3,(H2,14,15,16,17). The summed E-state index contributed by atoms with van der Waals surface area (Å²) < 4.78 is 5.18. The van der Waals surface area contributed by atoms with Crippen molar-refractivity contribution in [3.63, 3.8) is 0 Å². The molecule has 1 aromatic carbocycles. The summed E-state index contributed by atoms with van der Waals surface area (Å²) in [5.41, 5.74) is 0. The Hall–Kier alpha value is -1.75. The van der Waals surface area contributed by atoms with Gasteiger partial charge < -0.3 is 10.1 Å². The number of imide groups is 1. The predicted molar refractivity (Wildman–Crippen MR) is 68.8 cm³/mol. The monoisotopic (exact) mass is 270 g/mol. The van der Waals surface area contributed by atoms with Gasteiger partial charge in [-0.2, -0.15) is 0 Å². The first-order chi connectivity index (χ1) is 8.61. The zero-order chi connectivity index (χ0) is 13.4. The molecule has 0 aromatic heterocycles.